The summed E-state index contributed by atoms with van der Waals surface area (Å²) in [7, 11) is 0. The van der Waals surface area contributed by atoms with Crippen molar-refractivity contribution in [2.75, 3.05) is 17.7 Å². The molecule has 0 spiro atoms. The number of anilines is 1. The highest BCUT2D eigenvalue weighted by molar-refractivity contribution is 9.10. The van der Waals surface area contributed by atoms with Gasteiger partial charge in [-0.3, -0.25) is 9.59 Å². The van der Waals surface area contributed by atoms with E-state index in [1.807, 2.05) is 6.07 Å². The highest BCUT2D eigenvalue weighted by Crippen LogP contribution is 2.36. The van der Waals surface area contributed by atoms with Gasteiger partial charge in [0.15, 0.2) is 0 Å². The second-order valence-electron chi connectivity index (χ2n) is 4.56. The van der Waals surface area contributed by atoms with E-state index >= 15 is 0 Å². The molecule has 1 aromatic carbocycles. The van der Waals surface area contributed by atoms with Gasteiger partial charge in [0, 0.05) is 21.7 Å². The van der Waals surface area contributed by atoms with Crippen LogP contribution in [0, 0.1) is 0 Å². The minimum atomic E-state index is -0.553. The Kier molecular flexibility index (Phi) is 3.64. The number of thioether (sulfide) groups is 1. The number of amides is 1. The Morgan fingerprint density at radius 1 is 1.42 bits per heavy atom. The number of halogens is 1. The van der Waals surface area contributed by atoms with Crippen molar-refractivity contribution in [2.45, 2.75) is 23.8 Å². The topological polar surface area (TPSA) is 55.4 Å². The molecule has 1 unspecified atom stereocenters. The summed E-state index contributed by atoms with van der Waals surface area (Å²) in [4.78, 5) is 23.9. The van der Waals surface area contributed by atoms with Crippen LogP contribution in [0.5, 0.6) is 0 Å². The van der Waals surface area contributed by atoms with E-state index < -0.39 is 11.7 Å². The normalized spacial score (nSPS) is 21.6. The summed E-state index contributed by atoms with van der Waals surface area (Å²) < 4.78 is 6.43. The maximum Gasteiger partial charge on any atom is 0.296 e. The number of carbonyl (C=O) groups is 2. The van der Waals surface area contributed by atoms with E-state index in [0.717, 1.165) is 34.6 Å². The fraction of sp³-hybridized carbons (Fsp3) is 0.385. The summed E-state index contributed by atoms with van der Waals surface area (Å²) in [6.45, 7) is 0.848. The Morgan fingerprint density at radius 3 is 3.00 bits per heavy atom. The first-order valence-corrected chi connectivity index (χ1v) is 7.86. The van der Waals surface area contributed by atoms with Gasteiger partial charge < -0.3 is 10.1 Å². The van der Waals surface area contributed by atoms with Gasteiger partial charge in [0.2, 0.25) is 0 Å². The van der Waals surface area contributed by atoms with Gasteiger partial charge in [0.1, 0.15) is 0 Å². The molecular weight excluding hydrogens is 330 g/mol. The average molecular weight is 342 g/mol. The largest absolute Gasteiger partial charge is 0.377 e. The van der Waals surface area contributed by atoms with Gasteiger partial charge in [0.25, 0.3) is 11.7 Å². The van der Waals surface area contributed by atoms with Crippen LogP contribution in [0.1, 0.15) is 23.2 Å². The molecule has 0 radical (unpaired) electrons. The minimum Gasteiger partial charge on any atom is -0.377 e. The number of rotatable bonds is 3. The third-order valence-electron chi connectivity index (χ3n) is 3.22. The zero-order valence-corrected chi connectivity index (χ0v) is 12.5. The summed E-state index contributed by atoms with van der Waals surface area (Å²) >= 11 is 5.13. The molecule has 4 nitrogen and oxygen atoms in total. The predicted octanol–water partition coefficient (Wildman–Crippen LogP) is 2.86. The molecular formula is C13H12BrNO3S. The van der Waals surface area contributed by atoms with Gasteiger partial charge in [-0.1, -0.05) is 0 Å². The summed E-state index contributed by atoms with van der Waals surface area (Å²) in [5.74, 6) is -0.131. The van der Waals surface area contributed by atoms with Crippen LogP contribution in [-0.4, -0.2) is 30.2 Å². The molecule has 3 rings (SSSR count). The molecule has 2 aliphatic heterocycles. The first-order chi connectivity index (χ1) is 9.15. The zero-order chi connectivity index (χ0) is 13.4. The molecule has 6 heteroatoms. The molecule has 1 N–H and O–H groups in total. The van der Waals surface area contributed by atoms with Crippen molar-refractivity contribution in [3.63, 3.8) is 0 Å². The zero-order valence-electron chi connectivity index (χ0n) is 10.1. The number of ketones is 1. The second kappa shape index (κ2) is 5.26. The predicted molar refractivity (Wildman–Crippen MR) is 76.8 cm³/mol. The Balaban J connectivity index is 1.77. The van der Waals surface area contributed by atoms with Gasteiger partial charge in [-0.15, -0.1) is 11.8 Å². The number of Topliss-reactive ketones (excluding diaryl/α,β-unsaturated/α-hetero) is 1. The lowest BCUT2D eigenvalue weighted by molar-refractivity contribution is -0.112. The molecule has 100 valence electrons. The second-order valence-corrected chi connectivity index (χ2v) is 6.47. The van der Waals surface area contributed by atoms with Crippen LogP contribution in [0.2, 0.25) is 0 Å². The van der Waals surface area contributed by atoms with Crippen molar-refractivity contribution in [2.24, 2.45) is 0 Å². The Labute approximate surface area is 123 Å². The summed E-state index contributed by atoms with van der Waals surface area (Å²) in [5, 5.41) is 2.59. The van der Waals surface area contributed by atoms with E-state index in [2.05, 4.69) is 21.2 Å². The number of nitrogens with one attached hydrogen (secondary N) is 1. The summed E-state index contributed by atoms with van der Waals surface area (Å²) in [6.07, 6.45) is 2.53. The SMILES string of the molecule is O=C1Nc2cc(SCC3CCCO3)c(Br)cc2C1=O. The highest BCUT2D eigenvalue weighted by Gasteiger charge is 2.29. The van der Waals surface area contributed by atoms with Gasteiger partial charge in [-0.25, -0.2) is 0 Å². The number of hydrogen-bond donors (Lipinski definition) is 1. The fourth-order valence-corrected chi connectivity index (χ4v) is 3.93. The van der Waals surface area contributed by atoms with Crippen molar-refractivity contribution >= 4 is 45.1 Å². The van der Waals surface area contributed by atoms with Gasteiger partial charge in [-0.05, 0) is 40.9 Å². The lowest BCUT2D eigenvalue weighted by Crippen LogP contribution is -2.12. The van der Waals surface area contributed by atoms with Crippen LogP contribution >= 0.6 is 27.7 Å². The lowest BCUT2D eigenvalue weighted by atomic mass is 10.1. The quantitative estimate of drug-likeness (QED) is 0.678. The molecule has 0 aliphatic carbocycles. The van der Waals surface area contributed by atoms with E-state index in [1.54, 1.807) is 17.8 Å². The third kappa shape index (κ3) is 2.57. The Bertz CT molecular complexity index is 555. The van der Waals surface area contributed by atoms with Crippen molar-refractivity contribution in [3.05, 3.63) is 22.2 Å². The number of carbonyl (C=O) groups excluding carboxylic acids is 2. The van der Waals surface area contributed by atoms with Crippen LogP contribution in [0.15, 0.2) is 21.5 Å². The summed E-state index contributed by atoms with van der Waals surface area (Å²) in [5.41, 5.74) is 1.05. The monoisotopic (exact) mass is 341 g/mol. The first-order valence-electron chi connectivity index (χ1n) is 6.09. The molecule has 0 aromatic heterocycles. The number of ether oxygens (including phenoxy) is 1. The molecule has 19 heavy (non-hydrogen) atoms. The van der Waals surface area contributed by atoms with E-state index in [9.17, 15) is 9.59 Å². The molecule has 1 aromatic rings. The number of hydrogen-bond acceptors (Lipinski definition) is 4. The lowest BCUT2D eigenvalue weighted by Gasteiger charge is -2.11. The Morgan fingerprint density at radius 2 is 2.26 bits per heavy atom. The highest BCUT2D eigenvalue weighted by atomic mass is 79.9. The number of benzene rings is 1. The Hall–Kier alpha value is -0.850. The van der Waals surface area contributed by atoms with Crippen LogP contribution in [0.3, 0.4) is 0 Å². The van der Waals surface area contributed by atoms with E-state index in [4.69, 9.17) is 4.74 Å². The minimum absolute atomic E-state index is 0.307. The van der Waals surface area contributed by atoms with Crippen LogP contribution in [0.4, 0.5) is 5.69 Å². The van der Waals surface area contributed by atoms with Gasteiger partial charge >= 0.3 is 0 Å². The van der Waals surface area contributed by atoms with Crippen molar-refractivity contribution in [1.29, 1.82) is 0 Å². The van der Waals surface area contributed by atoms with Crippen LogP contribution < -0.4 is 5.32 Å². The first kappa shape index (κ1) is 13.1. The third-order valence-corrected chi connectivity index (χ3v) is 5.33. The van der Waals surface area contributed by atoms with E-state index in [-0.39, 0.29) is 0 Å². The molecule has 1 atom stereocenters. The van der Waals surface area contributed by atoms with Gasteiger partial charge in [-0.2, -0.15) is 0 Å². The molecule has 1 saturated heterocycles. The van der Waals surface area contributed by atoms with Crippen molar-refractivity contribution in [1.82, 2.24) is 0 Å². The summed E-state index contributed by atoms with van der Waals surface area (Å²) in [6, 6.07) is 3.56. The van der Waals surface area contributed by atoms with Crippen molar-refractivity contribution < 1.29 is 14.3 Å². The molecule has 0 saturated carbocycles. The molecule has 0 bridgehead atoms. The number of fused-ring (bicyclic) bond motifs is 1. The van der Waals surface area contributed by atoms with Crippen molar-refractivity contribution in [3.8, 4) is 0 Å². The van der Waals surface area contributed by atoms with Gasteiger partial charge in [0.05, 0.1) is 17.4 Å². The molecule has 1 fully saturated rings. The standard InChI is InChI=1S/C13H12BrNO3S/c14-9-4-8-10(15-13(17)12(8)16)5-11(9)19-6-7-2-1-3-18-7/h4-5,7H,1-3,6H2,(H,15,16,17). The maximum atomic E-state index is 11.6. The average Bonchev–Trinajstić information content (AvgIpc) is 2.98. The maximum absolute atomic E-state index is 11.6. The van der Waals surface area contributed by atoms with Crippen LogP contribution in [0.25, 0.3) is 0 Å². The van der Waals surface area contributed by atoms with Crippen LogP contribution in [-0.2, 0) is 9.53 Å². The molecule has 1 amide bonds. The smallest absolute Gasteiger partial charge is 0.296 e. The fourth-order valence-electron chi connectivity index (χ4n) is 2.22. The van der Waals surface area contributed by atoms with E-state index in [1.165, 1.54) is 0 Å². The molecule has 2 heterocycles. The van der Waals surface area contributed by atoms with E-state index in [0.29, 0.717) is 17.4 Å². The molecule has 2 aliphatic rings.